The third-order valence-electron chi connectivity index (χ3n) is 4.08. The molecule has 0 aliphatic heterocycles. The molecule has 5 heteroatoms. The van der Waals surface area contributed by atoms with Crippen molar-refractivity contribution in [3.05, 3.63) is 70.2 Å². The molecule has 0 aliphatic rings. The van der Waals surface area contributed by atoms with Crippen LogP contribution < -0.4 is 10.5 Å². The molecule has 0 atom stereocenters. The molecule has 0 aliphatic carbocycles. The summed E-state index contributed by atoms with van der Waals surface area (Å²) in [5, 5.41) is 1.61. The Morgan fingerprint density at radius 1 is 1.04 bits per heavy atom. The summed E-state index contributed by atoms with van der Waals surface area (Å²) in [6.45, 7) is 2.67. The van der Waals surface area contributed by atoms with Crippen molar-refractivity contribution in [3.8, 4) is 0 Å². The zero-order valence-electron chi connectivity index (χ0n) is 13.0. The summed E-state index contributed by atoms with van der Waals surface area (Å²) < 4.78 is 10.9. The topological polar surface area (TPSA) is 46.6 Å². The number of furan rings is 1. The fourth-order valence-corrected chi connectivity index (χ4v) is 3.25. The summed E-state index contributed by atoms with van der Waals surface area (Å²) in [5.41, 5.74) is 2.21. The van der Waals surface area contributed by atoms with E-state index in [9.17, 15) is 4.79 Å². The maximum atomic E-state index is 12.3. The molecule has 0 unspecified atom stereocenters. The highest BCUT2D eigenvalue weighted by molar-refractivity contribution is 6.35. The van der Waals surface area contributed by atoms with Crippen molar-refractivity contribution >= 4 is 44.9 Å². The van der Waals surface area contributed by atoms with Crippen LogP contribution >= 0.6 is 11.6 Å². The molecule has 0 radical (unpaired) electrons. The first-order valence-electron chi connectivity index (χ1n) is 7.66. The highest BCUT2D eigenvalue weighted by Crippen LogP contribution is 2.38. The third-order valence-corrected chi connectivity index (χ3v) is 4.41. The van der Waals surface area contributed by atoms with Gasteiger partial charge in [-0.1, -0.05) is 29.8 Å². The lowest BCUT2D eigenvalue weighted by Gasteiger charge is -2.25. The summed E-state index contributed by atoms with van der Waals surface area (Å²) in [6.07, 6.45) is 1.58. The molecule has 2 aromatic carbocycles. The first kappa shape index (κ1) is 14.8. The Balaban J connectivity index is 2.10. The predicted molar refractivity (Wildman–Crippen MR) is 96.4 cm³/mol. The quantitative estimate of drug-likeness (QED) is 0.472. The van der Waals surface area contributed by atoms with Gasteiger partial charge in [-0.25, -0.2) is 4.79 Å². The second-order valence-corrected chi connectivity index (χ2v) is 5.78. The number of halogens is 1. The molecule has 4 rings (SSSR count). The normalized spacial score (nSPS) is 11.2. The van der Waals surface area contributed by atoms with Crippen molar-refractivity contribution in [2.75, 3.05) is 11.4 Å². The average molecular weight is 340 g/mol. The predicted octanol–water partition coefficient (Wildman–Crippen LogP) is 5.35. The van der Waals surface area contributed by atoms with Crippen molar-refractivity contribution < 1.29 is 8.83 Å². The van der Waals surface area contributed by atoms with Gasteiger partial charge < -0.3 is 13.7 Å². The molecule has 0 saturated carbocycles. The molecule has 4 aromatic rings. The van der Waals surface area contributed by atoms with Crippen LogP contribution in [0.4, 0.5) is 11.4 Å². The van der Waals surface area contributed by atoms with E-state index in [-0.39, 0.29) is 5.02 Å². The first-order chi connectivity index (χ1) is 11.7. The molecule has 0 fully saturated rings. The molecule has 0 spiro atoms. The maximum Gasteiger partial charge on any atom is 0.357 e. The molecule has 0 N–H and O–H groups in total. The van der Waals surface area contributed by atoms with E-state index >= 15 is 0 Å². The van der Waals surface area contributed by atoms with E-state index in [1.807, 2.05) is 54.3 Å². The van der Waals surface area contributed by atoms with Gasteiger partial charge in [0, 0.05) is 17.6 Å². The van der Waals surface area contributed by atoms with E-state index in [1.165, 1.54) is 0 Å². The first-order valence-corrected chi connectivity index (χ1v) is 8.03. The Morgan fingerprint density at radius 3 is 2.58 bits per heavy atom. The Bertz CT molecular complexity index is 1080. The Kier molecular flexibility index (Phi) is 3.54. The van der Waals surface area contributed by atoms with E-state index in [0.717, 1.165) is 16.5 Å². The summed E-state index contributed by atoms with van der Waals surface area (Å²) in [7, 11) is 0. The molecule has 2 aromatic heterocycles. The fraction of sp³-hybridized carbons (Fsp3) is 0.105. The Morgan fingerprint density at radius 2 is 1.83 bits per heavy atom. The van der Waals surface area contributed by atoms with Gasteiger partial charge in [0.25, 0.3) is 0 Å². The van der Waals surface area contributed by atoms with Crippen LogP contribution in [-0.2, 0) is 0 Å². The fourth-order valence-electron chi connectivity index (χ4n) is 3.01. The van der Waals surface area contributed by atoms with Gasteiger partial charge in [-0.3, -0.25) is 0 Å². The average Bonchev–Trinajstić information content (AvgIpc) is 3.09. The lowest BCUT2D eigenvalue weighted by Crippen LogP contribution is -2.19. The minimum atomic E-state index is -0.553. The third kappa shape index (κ3) is 2.19. The molecule has 0 amide bonds. The molecule has 120 valence electrons. The van der Waals surface area contributed by atoms with Crippen molar-refractivity contribution in [1.82, 2.24) is 0 Å². The van der Waals surface area contributed by atoms with Crippen molar-refractivity contribution in [3.63, 3.8) is 0 Å². The maximum absolute atomic E-state index is 12.3. The van der Waals surface area contributed by atoms with Crippen LogP contribution in [0, 0.1) is 0 Å². The Labute approximate surface area is 142 Å². The highest BCUT2D eigenvalue weighted by atomic mass is 35.5. The van der Waals surface area contributed by atoms with E-state index in [1.54, 1.807) is 12.3 Å². The van der Waals surface area contributed by atoms with Gasteiger partial charge >= 0.3 is 5.63 Å². The van der Waals surface area contributed by atoms with Crippen LogP contribution in [0.25, 0.3) is 21.9 Å². The second-order valence-electron chi connectivity index (χ2n) is 5.41. The number of nitrogens with zero attached hydrogens (tertiary/aromatic N) is 1. The molecule has 4 nitrogen and oxygen atoms in total. The van der Waals surface area contributed by atoms with Crippen LogP contribution in [0.5, 0.6) is 0 Å². The smallest absolute Gasteiger partial charge is 0.357 e. The number of hydrogen-bond donors (Lipinski definition) is 0. The second kappa shape index (κ2) is 5.73. The lowest BCUT2D eigenvalue weighted by molar-refractivity contribution is 0.563. The zero-order chi connectivity index (χ0) is 16.7. The molecular formula is C19H14ClNO3. The van der Waals surface area contributed by atoms with E-state index in [4.69, 9.17) is 20.4 Å². The summed E-state index contributed by atoms with van der Waals surface area (Å²) >= 11 is 6.35. The number of para-hydroxylation sites is 1. The van der Waals surface area contributed by atoms with Gasteiger partial charge in [0.05, 0.1) is 17.3 Å². The summed E-state index contributed by atoms with van der Waals surface area (Å²) in [4.78, 5) is 14.3. The summed E-state index contributed by atoms with van der Waals surface area (Å²) in [5.74, 6) is 0. The monoisotopic (exact) mass is 339 g/mol. The van der Waals surface area contributed by atoms with Crippen LogP contribution in [0.3, 0.4) is 0 Å². The van der Waals surface area contributed by atoms with Crippen LogP contribution in [0.1, 0.15) is 6.92 Å². The zero-order valence-corrected chi connectivity index (χ0v) is 13.7. The molecule has 0 saturated heterocycles. The highest BCUT2D eigenvalue weighted by Gasteiger charge is 2.21. The van der Waals surface area contributed by atoms with Gasteiger partial charge in [-0.15, -0.1) is 0 Å². The molecule has 2 heterocycles. The number of anilines is 2. The van der Waals surface area contributed by atoms with Crippen LogP contribution in [0.2, 0.25) is 5.02 Å². The number of hydrogen-bond acceptors (Lipinski definition) is 4. The van der Waals surface area contributed by atoms with E-state index < -0.39 is 5.63 Å². The van der Waals surface area contributed by atoms with Gasteiger partial charge in [-0.05, 0) is 37.3 Å². The van der Waals surface area contributed by atoms with Crippen molar-refractivity contribution in [1.29, 1.82) is 0 Å². The molecular weight excluding hydrogens is 326 g/mol. The van der Waals surface area contributed by atoms with E-state index in [0.29, 0.717) is 23.4 Å². The lowest BCUT2D eigenvalue weighted by atomic mass is 10.1. The number of fused-ring (bicyclic) bond motifs is 3. The van der Waals surface area contributed by atoms with E-state index in [2.05, 4.69) is 0 Å². The largest absolute Gasteiger partial charge is 0.464 e. The van der Waals surface area contributed by atoms with Gasteiger partial charge in [0.1, 0.15) is 5.58 Å². The van der Waals surface area contributed by atoms with Gasteiger partial charge in [0.15, 0.2) is 10.6 Å². The minimum Gasteiger partial charge on any atom is -0.464 e. The number of rotatable bonds is 3. The summed E-state index contributed by atoms with van der Waals surface area (Å²) in [6, 6.07) is 15.3. The van der Waals surface area contributed by atoms with Crippen molar-refractivity contribution in [2.24, 2.45) is 0 Å². The molecule has 0 bridgehead atoms. The van der Waals surface area contributed by atoms with Crippen LogP contribution in [-0.4, -0.2) is 6.54 Å². The standard InChI is InChI=1S/C19H14ClNO3/c1-2-21(12-6-4-3-5-7-12)17-14-8-9-15-13(10-11-23-15)18(14)24-19(22)16(17)20/h3-11H,2H2,1H3. The molecule has 24 heavy (non-hydrogen) atoms. The minimum absolute atomic E-state index is 0.0797. The van der Waals surface area contributed by atoms with Gasteiger partial charge in [-0.2, -0.15) is 0 Å². The van der Waals surface area contributed by atoms with Gasteiger partial charge in [0.2, 0.25) is 0 Å². The SMILES string of the molecule is CCN(c1ccccc1)c1c(Cl)c(=O)oc2c1ccc1occc12. The Hall–Kier alpha value is -2.72. The van der Waals surface area contributed by atoms with Crippen molar-refractivity contribution in [2.45, 2.75) is 6.92 Å². The van der Waals surface area contributed by atoms with Crippen LogP contribution in [0.15, 0.2) is 68.4 Å². The number of benzene rings is 2.